The summed E-state index contributed by atoms with van der Waals surface area (Å²) < 4.78 is 11.6. The molecule has 4 heteroatoms. The second kappa shape index (κ2) is 4.78. The minimum Gasteiger partial charge on any atom is -0.486 e. The molecule has 1 fully saturated rings. The first kappa shape index (κ1) is 11.8. The molecule has 2 N–H and O–H groups in total. The number of hydrogen-bond acceptors (Lipinski definition) is 4. The van der Waals surface area contributed by atoms with E-state index in [1.165, 1.54) is 0 Å². The molecule has 18 heavy (non-hydrogen) atoms. The Kier molecular flexibility index (Phi) is 3.14. The fourth-order valence-electron chi connectivity index (χ4n) is 2.49. The predicted molar refractivity (Wildman–Crippen MR) is 70.2 cm³/mol. The Hall–Kier alpha value is -1.26. The molecule has 0 saturated carbocycles. The standard InChI is InChI=1S/C14H20N2O2/c1-14(6-7-15-10-14)16-8-11-9-17-12-4-2-3-5-13(12)18-11/h2-5,11,15-16H,6-10H2,1H3. The van der Waals surface area contributed by atoms with Gasteiger partial charge in [-0.05, 0) is 32.0 Å². The van der Waals surface area contributed by atoms with Crippen molar-refractivity contribution >= 4 is 0 Å². The van der Waals surface area contributed by atoms with Crippen molar-refractivity contribution in [3.05, 3.63) is 24.3 Å². The molecule has 0 aliphatic carbocycles. The average Bonchev–Trinajstić information content (AvgIpc) is 2.84. The summed E-state index contributed by atoms with van der Waals surface area (Å²) in [5.41, 5.74) is 0.195. The van der Waals surface area contributed by atoms with E-state index in [0.29, 0.717) is 6.61 Å². The van der Waals surface area contributed by atoms with Gasteiger partial charge in [0.25, 0.3) is 0 Å². The average molecular weight is 248 g/mol. The third kappa shape index (κ3) is 2.44. The molecule has 2 unspecified atom stereocenters. The molecule has 0 spiro atoms. The van der Waals surface area contributed by atoms with Crippen LogP contribution in [0.15, 0.2) is 24.3 Å². The Morgan fingerprint density at radius 2 is 2.22 bits per heavy atom. The van der Waals surface area contributed by atoms with Crippen LogP contribution in [0.3, 0.4) is 0 Å². The summed E-state index contributed by atoms with van der Waals surface area (Å²) in [6.45, 7) is 5.82. The first-order valence-corrected chi connectivity index (χ1v) is 6.59. The van der Waals surface area contributed by atoms with Crippen LogP contribution in [-0.4, -0.2) is 37.9 Å². The largest absolute Gasteiger partial charge is 0.486 e. The van der Waals surface area contributed by atoms with Crippen LogP contribution < -0.4 is 20.1 Å². The van der Waals surface area contributed by atoms with Gasteiger partial charge >= 0.3 is 0 Å². The molecule has 1 aromatic rings. The van der Waals surface area contributed by atoms with Gasteiger partial charge in [0.1, 0.15) is 12.7 Å². The third-order valence-electron chi connectivity index (χ3n) is 3.69. The number of rotatable bonds is 3. The predicted octanol–water partition coefficient (Wildman–Crippen LogP) is 1.17. The topological polar surface area (TPSA) is 42.5 Å². The van der Waals surface area contributed by atoms with E-state index < -0.39 is 0 Å². The van der Waals surface area contributed by atoms with E-state index in [0.717, 1.165) is 37.6 Å². The quantitative estimate of drug-likeness (QED) is 0.842. The molecule has 1 saturated heterocycles. The Morgan fingerprint density at radius 3 is 3.00 bits per heavy atom. The van der Waals surface area contributed by atoms with Gasteiger partial charge in [0.15, 0.2) is 11.5 Å². The van der Waals surface area contributed by atoms with E-state index >= 15 is 0 Å². The van der Waals surface area contributed by atoms with E-state index in [1.807, 2.05) is 24.3 Å². The Balaban J connectivity index is 1.56. The van der Waals surface area contributed by atoms with Crippen LogP contribution in [0.4, 0.5) is 0 Å². The van der Waals surface area contributed by atoms with Gasteiger partial charge < -0.3 is 20.1 Å². The molecule has 0 bridgehead atoms. The zero-order valence-electron chi connectivity index (χ0n) is 10.7. The van der Waals surface area contributed by atoms with Crippen LogP contribution in [-0.2, 0) is 0 Å². The van der Waals surface area contributed by atoms with Gasteiger partial charge in [0.2, 0.25) is 0 Å². The number of hydrogen-bond donors (Lipinski definition) is 2. The summed E-state index contributed by atoms with van der Waals surface area (Å²) in [5, 5.41) is 6.97. The van der Waals surface area contributed by atoms with Crippen molar-refractivity contribution < 1.29 is 9.47 Å². The first-order valence-electron chi connectivity index (χ1n) is 6.59. The van der Waals surface area contributed by atoms with Gasteiger partial charge in [-0.3, -0.25) is 0 Å². The van der Waals surface area contributed by atoms with Gasteiger partial charge in [0.05, 0.1) is 0 Å². The Labute approximate surface area is 108 Å². The maximum Gasteiger partial charge on any atom is 0.161 e. The Bertz CT molecular complexity index is 416. The molecule has 4 nitrogen and oxygen atoms in total. The lowest BCUT2D eigenvalue weighted by molar-refractivity contribution is 0.0846. The van der Waals surface area contributed by atoms with Gasteiger partial charge in [-0.2, -0.15) is 0 Å². The van der Waals surface area contributed by atoms with Crippen molar-refractivity contribution in [2.24, 2.45) is 0 Å². The van der Waals surface area contributed by atoms with Crippen LogP contribution in [0, 0.1) is 0 Å². The van der Waals surface area contributed by atoms with Crippen LogP contribution in [0.1, 0.15) is 13.3 Å². The van der Waals surface area contributed by atoms with Crippen molar-refractivity contribution in [2.75, 3.05) is 26.2 Å². The molecule has 1 aromatic carbocycles. The minimum absolute atomic E-state index is 0.0947. The van der Waals surface area contributed by atoms with Gasteiger partial charge in [0, 0.05) is 18.6 Å². The monoisotopic (exact) mass is 248 g/mol. The lowest BCUT2D eigenvalue weighted by atomic mass is 10.0. The van der Waals surface area contributed by atoms with Crippen LogP contribution >= 0.6 is 0 Å². The maximum absolute atomic E-state index is 5.93. The summed E-state index contributed by atoms with van der Waals surface area (Å²) in [6.07, 6.45) is 1.26. The summed E-state index contributed by atoms with van der Waals surface area (Å²) in [7, 11) is 0. The van der Waals surface area contributed by atoms with Crippen LogP contribution in [0.2, 0.25) is 0 Å². The molecule has 98 valence electrons. The maximum atomic E-state index is 5.93. The Morgan fingerprint density at radius 1 is 1.39 bits per heavy atom. The zero-order valence-corrected chi connectivity index (χ0v) is 10.7. The second-order valence-electron chi connectivity index (χ2n) is 5.37. The summed E-state index contributed by atoms with van der Waals surface area (Å²) >= 11 is 0. The van der Waals surface area contributed by atoms with Crippen molar-refractivity contribution in [1.29, 1.82) is 0 Å². The first-order chi connectivity index (χ1) is 8.75. The molecular weight excluding hydrogens is 228 g/mol. The lowest BCUT2D eigenvalue weighted by Gasteiger charge is -2.31. The number of ether oxygens (including phenoxy) is 2. The molecule has 2 aliphatic rings. The molecular formula is C14H20N2O2. The van der Waals surface area contributed by atoms with Gasteiger partial charge in [-0.1, -0.05) is 12.1 Å². The van der Waals surface area contributed by atoms with Crippen LogP contribution in [0.5, 0.6) is 11.5 Å². The van der Waals surface area contributed by atoms with Crippen molar-refractivity contribution in [2.45, 2.75) is 25.0 Å². The fraction of sp³-hybridized carbons (Fsp3) is 0.571. The van der Waals surface area contributed by atoms with E-state index in [1.54, 1.807) is 0 Å². The lowest BCUT2D eigenvalue weighted by Crippen LogP contribution is -2.50. The molecule has 0 radical (unpaired) electrons. The highest BCUT2D eigenvalue weighted by Crippen LogP contribution is 2.30. The smallest absolute Gasteiger partial charge is 0.161 e. The van der Waals surface area contributed by atoms with E-state index in [9.17, 15) is 0 Å². The van der Waals surface area contributed by atoms with E-state index in [2.05, 4.69) is 17.6 Å². The normalized spacial score (nSPS) is 30.4. The molecule has 0 aromatic heterocycles. The van der Waals surface area contributed by atoms with Gasteiger partial charge in [-0.15, -0.1) is 0 Å². The van der Waals surface area contributed by atoms with Crippen molar-refractivity contribution in [1.82, 2.24) is 10.6 Å². The number of benzene rings is 1. The van der Waals surface area contributed by atoms with E-state index in [4.69, 9.17) is 9.47 Å². The highest BCUT2D eigenvalue weighted by molar-refractivity contribution is 5.40. The summed E-state index contributed by atoms with van der Waals surface area (Å²) in [6, 6.07) is 7.84. The summed E-state index contributed by atoms with van der Waals surface area (Å²) in [5.74, 6) is 1.70. The van der Waals surface area contributed by atoms with E-state index in [-0.39, 0.29) is 11.6 Å². The van der Waals surface area contributed by atoms with Crippen molar-refractivity contribution in [3.63, 3.8) is 0 Å². The van der Waals surface area contributed by atoms with Crippen molar-refractivity contribution in [3.8, 4) is 11.5 Å². The zero-order chi connectivity index (χ0) is 12.4. The molecule has 2 heterocycles. The van der Waals surface area contributed by atoms with Crippen LogP contribution in [0.25, 0.3) is 0 Å². The second-order valence-corrected chi connectivity index (χ2v) is 5.37. The molecule has 2 aliphatic heterocycles. The molecule has 0 amide bonds. The SMILES string of the molecule is CC1(NCC2COc3ccccc3O2)CCNC1. The third-order valence-corrected chi connectivity index (χ3v) is 3.69. The molecule has 3 rings (SSSR count). The summed E-state index contributed by atoms with van der Waals surface area (Å²) in [4.78, 5) is 0. The van der Waals surface area contributed by atoms with Gasteiger partial charge in [-0.25, -0.2) is 0 Å². The minimum atomic E-state index is 0.0947. The number of fused-ring (bicyclic) bond motifs is 1. The number of nitrogens with one attached hydrogen (secondary N) is 2. The fourth-order valence-corrected chi connectivity index (χ4v) is 2.49. The number of para-hydroxylation sites is 2. The highest BCUT2D eigenvalue weighted by Gasteiger charge is 2.30. The highest BCUT2D eigenvalue weighted by atomic mass is 16.6. The molecule has 2 atom stereocenters.